The van der Waals surface area contributed by atoms with Crippen LogP contribution in [0.1, 0.15) is 18.2 Å². The van der Waals surface area contributed by atoms with Crippen LogP contribution in [0.3, 0.4) is 0 Å². The van der Waals surface area contributed by atoms with Gasteiger partial charge in [-0.2, -0.15) is 4.98 Å². The van der Waals surface area contributed by atoms with Gasteiger partial charge in [0.15, 0.2) is 0 Å². The second-order valence-electron chi connectivity index (χ2n) is 5.15. The first-order valence-corrected chi connectivity index (χ1v) is 6.55. The van der Waals surface area contributed by atoms with Gasteiger partial charge in [0.2, 0.25) is 0 Å². The van der Waals surface area contributed by atoms with E-state index in [1.54, 1.807) is 6.20 Å². The van der Waals surface area contributed by atoms with Gasteiger partial charge < -0.3 is 20.3 Å². The van der Waals surface area contributed by atoms with Crippen LogP contribution >= 0.6 is 0 Å². The van der Waals surface area contributed by atoms with Crippen LogP contribution in [0, 0.1) is 0 Å². The van der Waals surface area contributed by atoms with E-state index in [2.05, 4.69) is 16.9 Å². The van der Waals surface area contributed by atoms with Crippen molar-refractivity contribution in [3.05, 3.63) is 34.4 Å². The Morgan fingerprint density at radius 2 is 2.29 bits per heavy atom. The number of hydrogen-bond donors (Lipinski definition) is 3. The number of hydrogen-bond acceptors (Lipinski definition) is 6. The van der Waals surface area contributed by atoms with Crippen LogP contribution in [0.2, 0.25) is 0 Å². The van der Waals surface area contributed by atoms with E-state index in [1.807, 2.05) is 0 Å². The number of aliphatic hydroxyl groups is 2. The maximum Gasteiger partial charge on any atom is 0.351 e. The summed E-state index contributed by atoms with van der Waals surface area (Å²) in [6, 6.07) is 0. The van der Waals surface area contributed by atoms with Crippen LogP contribution < -0.4 is 11.0 Å². The maximum atomic E-state index is 12.0. The molecule has 3 atom stereocenters. The van der Waals surface area contributed by atoms with Gasteiger partial charge in [-0.1, -0.05) is 6.58 Å². The van der Waals surface area contributed by atoms with Crippen molar-refractivity contribution in [3.8, 4) is 0 Å². The van der Waals surface area contributed by atoms with E-state index in [1.165, 1.54) is 4.57 Å². The molecule has 1 aromatic heterocycles. The number of nitrogens with one attached hydrogen (secondary N) is 1. The minimum atomic E-state index is -0.836. The Hall–Kier alpha value is -2.03. The molecular formula is C13H15N3O5. The summed E-state index contributed by atoms with van der Waals surface area (Å²) >= 11 is 0. The molecule has 1 fully saturated rings. The van der Waals surface area contributed by atoms with Crippen molar-refractivity contribution >= 4 is 11.7 Å². The van der Waals surface area contributed by atoms with Crippen molar-refractivity contribution in [2.75, 3.05) is 11.9 Å². The normalized spacial score (nSPS) is 28.4. The van der Waals surface area contributed by atoms with Gasteiger partial charge in [-0.25, -0.2) is 4.79 Å². The predicted molar refractivity (Wildman–Crippen MR) is 71.6 cm³/mol. The minimum absolute atomic E-state index is 0.193. The lowest BCUT2D eigenvalue weighted by atomic mass is 10.0. The van der Waals surface area contributed by atoms with Gasteiger partial charge in [0.1, 0.15) is 18.1 Å². The SMILES string of the molecule is C=C1Cc2cn([C@H]3C[C@H](O)[C@@H](CO)O3)c(=O)nc2NC1=O. The zero-order chi connectivity index (χ0) is 15.1. The number of rotatable bonds is 2. The summed E-state index contributed by atoms with van der Waals surface area (Å²) < 4.78 is 6.71. The van der Waals surface area contributed by atoms with Crippen LogP contribution in [0.25, 0.3) is 0 Å². The van der Waals surface area contributed by atoms with Crippen LogP contribution in [0.5, 0.6) is 0 Å². The van der Waals surface area contributed by atoms with Gasteiger partial charge in [-0.15, -0.1) is 0 Å². The van der Waals surface area contributed by atoms with E-state index < -0.39 is 24.1 Å². The van der Waals surface area contributed by atoms with Gasteiger partial charge in [0, 0.05) is 30.2 Å². The fraction of sp³-hybridized carbons (Fsp3) is 0.462. The molecule has 1 saturated heterocycles. The summed E-state index contributed by atoms with van der Waals surface area (Å²) in [7, 11) is 0. The lowest BCUT2D eigenvalue weighted by Gasteiger charge is -2.20. The highest BCUT2D eigenvalue weighted by atomic mass is 16.5. The summed E-state index contributed by atoms with van der Waals surface area (Å²) in [5.74, 6) is -0.120. The predicted octanol–water partition coefficient (Wildman–Crippen LogP) is -1.07. The number of anilines is 1. The average Bonchev–Trinajstić information content (AvgIpc) is 2.81. The molecule has 0 saturated carbocycles. The van der Waals surface area contributed by atoms with Crippen molar-refractivity contribution in [3.63, 3.8) is 0 Å². The summed E-state index contributed by atoms with van der Waals surface area (Å²) in [5.41, 5.74) is 0.456. The number of ether oxygens (including phenoxy) is 1. The maximum absolute atomic E-state index is 12.0. The average molecular weight is 293 g/mol. The topological polar surface area (TPSA) is 114 Å². The minimum Gasteiger partial charge on any atom is -0.394 e. The van der Waals surface area contributed by atoms with Crippen LogP contribution in [0.15, 0.2) is 23.1 Å². The number of carbonyl (C=O) groups is 1. The van der Waals surface area contributed by atoms with Crippen molar-refractivity contribution < 1.29 is 19.7 Å². The number of amides is 1. The van der Waals surface area contributed by atoms with Gasteiger partial charge in [0.25, 0.3) is 5.91 Å². The molecule has 2 aliphatic heterocycles. The van der Waals surface area contributed by atoms with E-state index in [4.69, 9.17) is 9.84 Å². The molecule has 3 heterocycles. The van der Waals surface area contributed by atoms with Crippen LogP contribution in [0.4, 0.5) is 5.82 Å². The van der Waals surface area contributed by atoms with Crippen molar-refractivity contribution in [2.45, 2.75) is 31.3 Å². The highest BCUT2D eigenvalue weighted by molar-refractivity contribution is 6.05. The smallest absolute Gasteiger partial charge is 0.351 e. The Balaban J connectivity index is 1.95. The quantitative estimate of drug-likeness (QED) is 0.599. The molecule has 8 heteroatoms. The molecule has 0 spiro atoms. The molecule has 0 bridgehead atoms. The monoisotopic (exact) mass is 293 g/mol. The zero-order valence-corrected chi connectivity index (χ0v) is 11.2. The molecule has 2 aliphatic rings. The summed E-state index contributed by atoms with van der Waals surface area (Å²) in [4.78, 5) is 27.3. The van der Waals surface area contributed by atoms with Crippen molar-refractivity contribution in [1.29, 1.82) is 0 Å². The fourth-order valence-corrected chi connectivity index (χ4v) is 2.51. The first-order valence-electron chi connectivity index (χ1n) is 6.55. The van der Waals surface area contributed by atoms with Crippen LogP contribution in [-0.4, -0.2) is 44.5 Å². The Kier molecular flexibility index (Phi) is 3.36. The van der Waals surface area contributed by atoms with Gasteiger partial charge in [-0.3, -0.25) is 9.36 Å². The van der Waals surface area contributed by atoms with Crippen LogP contribution in [-0.2, 0) is 16.0 Å². The second-order valence-corrected chi connectivity index (χ2v) is 5.15. The third-order valence-electron chi connectivity index (χ3n) is 3.68. The molecule has 3 N–H and O–H groups in total. The largest absolute Gasteiger partial charge is 0.394 e. The van der Waals surface area contributed by atoms with Crippen molar-refractivity contribution in [2.24, 2.45) is 0 Å². The first-order chi connectivity index (χ1) is 9.99. The number of nitrogens with zero attached hydrogens (tertiary/aromatic N) is 2. The molecule has 0 aliphatic carbocycles. The number of aliphatic hydroxyl groups excluding tert-OH is 2. The van der Waals surface area contributed by atoms with Crippen molar-refractivity contribution in [1.82, 2.24) is 9.55 Å². The highest BCUT2D eigenvalue weighted by Gasteiger charge is 2.35. The zero-order valence-electron chi connectivity index (χ0n) is 11.2. The Bertz CT molecular complexity index is 668. The summed E-state index contributed by atoms with van der Waals surface area (Å²) in [6.45, 7) is 3.33. The van der Waals surface area contributed by atoms with E-state index in [9.17, 15) is 14.7 Å². The second kappa shape index (κ2) is 5.06. The lowest BCUT2D eigenvalue weighted by Crippen LogP contribution is -2.32. The molecule has 0 aromatic carbocycles. The van der Waals surface area contributed by atoms with Gasteiger partial charge >= 0.3 is 5.69 Å². The molecule has 112 valence electrons. The van der Waals surface area contributed by atoms with E-state index in [0.29, 0.717) is 17.6 Å². The molecule has 8 nitrogen and oxygen atoms in total. The lowest BCUT2D eigenvalue weighted by molar-refractivity contribution is -0.113. The number of carbonyl (C=O) groups excluding carboxylic acids is 1. The fourth-order valence-electron chi connectivity index (χ4n) is 2.51. The number of aromatic nitrogens is 2. The number of fused-ring (bicyclic) bond motifs is 1. The molecule has 3 rings (SSSR count). The van der Waals surface area contributed by atoms with E-state index in [-0.39, 0.29) is 24.8 Å². The highest BCUT2D eigenvalue weighted by Crippen LogP contribution is 2.29. The Morgan fingerprint density at radius 3 is 2.95 bits per heavy atom. The third-order valence-corrected chi connectivity index (χ3v) is 3.68. The summed E-state index contributed by atoms with van der Waals surface area (Å²) in [5, 5.41) is 21.3. The summed E-state index contributed by atoms with van der Waals surface area (Å²) in [6.07, 6.45) is -0.197. The molecule has 0 unspecified atom stereocenters. The Labute approximate surface area is 119 Å². The van der Waals surface area contributed by atoms with Gasteiger partial charge in [0.05, 0.1) is 12.7 Å². The van der Waals surface area contributed by atoms with E-state index in [0.717, 1.165) is 0 Å². The third kappa shape index (κ3) is 2.37. The molecule has 1 amide bonds. The Morgan fingerprint density at radius 1 is 1.52 bits per heavy atom. The molecule has 0 radical (unpaired) electrons. The molecule has 1 aromatic rings. The van der Waals surface area contributed by atoms with Gasteiger partial charge in [-0.05, 0) is 0 Å². The molecular weight excluding hydrogens is 278 g/mol. The van der Waals surface area contributed by atoms with E-state index >= 15 is 0 Å². The standard InChI is InChI=1S/C13H15N3O5/c1-6-2-7-4-16(10-3-8(18)9(5-17)21-10)13(20)15-11(7)14-12(6)19/h4,8-10,17-18H,1-3,5H2,(H,14,15,19,20)/t8-,9+,10+/m0/s1. The molecule has 21 heavy (non-hydrogen) atoms. The first kappa shape index (κ1) is 13.9.